The molecule has 1 aromatic heterocycles. The number of carbonyl (C=O) groups is 1. The van der Waals surface area contributed by atoms with Crippen LogP contribution < -0.4 is 24.4 Å². The van der Waals surface area contributed by atoms with Gasteiger partial charge in [-0.25, -0.2) is 9.78 Å². The molecule has 0 bridgehead atoms. The number of hydrogen-bond acceptors (Lipinski definition) is 9. The van der Waals surface area contributed by atoms with Crippen molar-refractivity contribution in [1.29, 1.82) is 0 Å². The monoisotopic (exact) mass is 576 g/mol. The number of amides is 1. The summed E-state index contributed by atoms with van der Waals surface area (Å²) in [6.45, 7) is 4.89. The van der Waals surface area contributed by atoms with E-state index in [-0.39, 0.29) is 17.3 Å². The van der Waals surface area contributed by atoms with E-state index in [1.54, 1.807) is 18.2 Å². The molecule has 0 unspecified atom stereocenters. The highest BCUT2D eigenvalue weighted by molar-refractivity contribution is 5.85. The molecular weight excluding hydrogens is 545 g/mol. The van der Waals surface area contributed by atoms with Crippen LogP contribution in [0.4, 0.5) is 35.4 Å². The van der Waals surface area contributed by atoms with Crippen LogP contribution in [-0.2, 0) is 6.54 Å². The molecule has 4 rings (SSSR count). The van der Waals surface area contributed by atoms with Crippen LogP contribution in [0.15, 0.2) is 54.7 Å². The van der Waals surface area contributed by atoms with E-state index >= 15 is 0 Å². The Morgan fingerprint density at radius 2 is 1.83 bits per heavy atom. The predicted octanol–water partition coefficient (Wildman–Crippen LogP) is 4.44. The Balaban J connectivity index is 1.43. The number of para-hydroxylation sites is 1. The number of halogens is 3. The number of benzene rings is 2. The van der Waals surface area contributed by atoms with Gasteiger partial charge >= 0.3 is 12.5 Å². The Hall–Kier alpha value is -4.30. The molecule has 2 heterocycles. The van der Waals surface area contributed by atoms with Gasteiger partial charge in [-0.2, -0.15) is 4.98 Å². The van der Waals surface area contributed by atoms with Crippen LogP contribution in [-0.4, -0.2) is 90.8 Å². The van der Waals surface area contributed by atoms with E-state index in [1.165, 1.54) is 37.6 Å². The Kier molecular flexibility index (Phi) is 9.68. The Morgan fingerprint density at radius 1 is 1.07 bits per heavy atom. The minimum atomic E-state index is -4.93. The summed E-state index contributed by atoms with van der Waals surface area (Å²) in [6, 6.07) is 11.8. The number of nitrogens with one attached hydrogen (secondary N) is 1. The van der Waals surface area contributed by atoms with Crippen molar-refractivity contribution in [1.82, 2.24) is 19.8 Å². The molecule has 41 heavy (non-hydrogen) atoms. The summed E-state index contributed by atoms with van der Waals surface area (Å²) in [5.74, 6) is 0.570. The summed E-state index contributed by atoms with van der Waals surface area (Å²) in [6.07, 6.45) is -5.01. The Morgan fingerprint density at radius 3 is 2.54 bits per heavy atom. The lowest BCUT2D eigenvalue weighted by Gasteiger charge is -2.32. The molecule has 0 radical (unpaired) electrons. The van der Waals surface area contributed by atoms with Crippen molar-refractivity contribution in [2.24, 2.45) is 0 Å². The third kappa shape index (κ3) is 8.59. The first-order chi connectivity index (χ1) is 19.6. The topological polar surface area (TPSA) is 113 Å². The molecule has 2 aromatic carbocycles. The van der Waals surface area contributed by atoms with Crippen molar-refractivity contribution in [2.45, 2.75) is 12.9 Å². The first kappa shape index (κ1) is 29.7. The molecule has 11 nitrogen and oxygen atoms in total. The summed E-state index contributed by atoms with van der Waals surface area (Å²) in [5.41, 5.74) is 0.560. The van der Waals surface area contributed by atoms with Gasteiger partial charge in [0.2, 0.25) is 5.95 Å². The van der Waals surface area contributed by atoms with Crippen LogP contribution in [0.1, 0.15) is 5.56 Å². The molecule has 0 saturated carbocycles. The van der Waals surface area contributed by atoms with Gasteiger partial charge in [-0.15, -0.1) is 13.2 Å². The van der Waals surface area contributed by atoms with E-state index < -0.39 is 24.7 Å². The zero-order valence-corrected chi connectivity index (χ0v) is 22.6. The fourth-order valence-corrected chi connectivity index (χ4v) is 4.19. The van der Waals surface area contributed by atoms with E-state index in [2.05, 4.69) is 36.9 Å². The summed E-state index contributed by atoms with van der Waals surface area (Å²) in [5, 5.41) is 12.8. The number of hydrogen-bond donors (Lipinski definition) is 2. The number of rotatable bonds is 11. The molecule has 1 fully saturated rings. The van der Waals surface area contributed by atoms with Gasteiger partial charge in [0, 0.05) is 56.2 Å². The van der Waals surface area contributed by atoms with Crippen LogP contribution in [0, 0.1) is 0 Å². The van der Waals surface area contributed by atoms with E-state index in [0.717, 1.165) is 43.7 Å². The molecule has 1 aliphatic heterocycles. The molecule has 1 amide bonds. The van der Waals surface area contributed by atoms with Gasteiger partial charge in [0.1, 0.15) is 18.2 Å². The lowest BCUT2D eigenvalue weighted by molar-refractivity contribution is -0.274. The average Bonchev–Trinajstić information content (AvgIpc) is 2.93. The molecule has 14 heteroatoms. The quantitative estimate of drug-likeness (QED) is 0.340. The molecule has 1 saturated heterocycles. The largest absolute Gasteiger partial charge is 0.573 e. The fraction of sp³-hybridized carbons (Fsp3) is 0.370. The van der Waals surface area contributed by atoms with Crippen LogP contribution in [0.3, 0.4) is 0 Å². The number of carboxylic acid groups (broad SMARTS) is 1. The highest BCUT2D eigenvalue weighted by atomic mass is 19.4. The minimum absolute atomic E-state index is 0.00768. The second-order valence-corrected chi connectivity index (χ2v) is 9.25. The number of ether oxygens (including phenoxy) is 3. The van der Waals surface area contributed by atoms with Crippen LogP contribution >= 0.6 is 0 Å². The third-order valence-electron chi connectivity index (χ3n) is 6.36. The number of piperazine rings is 1. The molecule has 0 spiro atoms. The van der Waals surface area contributed by atoms with Gasteiger partial charge in [-0.3, -0.25) is 9.80 Å². The van der Waals surface area contributed by atoms with Gasteiger partial charge < -0.3 is 29.5 Å². The number of methoxy groups -OCH3 is 1. The van der Waals surface area contributed by atoms with Crippen molar-refractivity contribution in [2.75, 3.05) is 63.7 Å². The van der Waals surface area contributed by atoms with E-state index in [0.29, 0.717) is 23.8 Å². The fourth-order valence-electron chi connectivity index (χ4n) is 4.19. The van der Waals surface area contributed by atoms with Crippen molar-refractivity contribution < 1.29 is 37.3 Å². The van der Waals surface area contributed by atoms with Crippen LogP contribution in [0.5, 0.6) is 17.2 Å². The maximum Gasteiger partial charge on any atom is 0.573 e. The van der Waals surface area contributed by atoms with Gasteiger partial charge in [-0.05, 0) is 31.3 Å². The van der Waals surface area contributed by atoms with Gasteiger partial charge in [-0.1, -0.05) is 18.2 Å². The predicted molar refractivity (Wildman–Crippen MR) is 145 cm³/mol. The summed E-state index contributed by atoms with van der Waals surface area (Å²) in [7, 11) is 3.63. The van der Waals surface area contributed by atoms with Crippen LogP contribution in [0.25, 0.3) is 0 Å². The average molecular weight is 577 g/mol. The van der Waals surface area contributed by atoms with Crippen molar-refractivity contribution in [3.8, 4) is 17.2 Å². The van der Waals surface area contributed by atoms with E-state index in [1.807, 2.05) is 0 Å². The summed E-state index contributed by atoms with van der Waals surface area (Å²) >= 11 is 0. The molecular formula is C27H31F3N6O5. The molecule has 2 N–H and O–H groups in total. The van der Waals surface area contributed by atoms with Gasteiger partial charge in [0.15, 0.2) is 11.5 Å². The van der Waals surface area contributed by atoms with E-state index in [4.69, 9.17) is 9.47 Å². The first-order valence-corrected chi connectivity index (χ1v) is 12.8. The maximum absolute atomic E-state index is 12.8. The number of nitrogens with zero attached hydrogens (tertiary/aromatic N) is 5. The molecule has 0 aliphatic carbocycles. The maximum atomic E-state index is 12.8. The van der Waals surface area contributed by atoms with Crippen molar-refractivity contribution in [3.05, 3.63) is 60.3 Å². The smallest absolute Gasteiger partial charge is 0.493 e. The highest BCUT2D eigenvalue weighted by Crippen LogP contribution is 2.32. The normalized spacial score (nSPS) is 14.4. The Labute approximate surface area is 235 Å². The third-order valence-corrected chi connectivity index (χ3v) is 6.36. The number of alkyl halides is 3. The highest BCUT2D eigenvalue weighted by Gasteiger charge is 2.32. The summed E-state index contributed by atoms with van der Waals surface area (Å²) < 4.78 is 54.0. The molecule has 220 valence electrons. The zero-order chi connectivity index (χ0) is 29.4. The second-order valence-electron chi connectivity index (χ2n) is 9.25. The second kappa shape index (κ2) is 13.4. The van der Waals surface area contributed by atoms with Crippen LogP contribution in [0.2, 0.25) is 0 Å². The number of likely N-dealkylation sites (N-methyl/N-ethyl adjacent to an activating group) is 1. The minimum Gasteiger partial charge on any atom is -0.493 e. The van der Waals surface area contributed by atoms with Gasteiger partial charge in [0.25, 0.3) is 0 Å². The van der Waals surface area contributed by atoms with Crippen molar-refractivity contribution in [3.63, 3.8) is 0 Å². The lowest BCUT2D eigenvalue weighted by atomic mass is 10.2. The lowest BCUT2D eigenvalue weighted by Crippen LogP contribution is -2.45. The van der Waals surface area contributed by atoms with E-state index in [9.17, 15) is 23.1 Å². The Bertz CT molecular complexity index is 1320. The standard InChI is InChI=1S/C27H31F3N6O5/c1-34-11-13-35(14-12-34)15-16-40-22-8-7-20(17-23(22)39-2)32-25-31-10-9-24(33-25)36(26(37)38)18-19-5-3-4-6-21(19)41-27(28,29)30/h3-10,17H,11-16,18H2,1-2H3,(H,37,38)(H,31,32,33). The zero-order valence-electron chi connectivity index (χ0n) is 22.6. The number of anilines is 3. The number of aromatic nitrogens is 2. The first-order valence-electron chi connectivity index (χ1n) is 12.8. The summed E-state index contributed by atoms with van der Waals surface area (Å²) in [4.78, 5) is 25.9. The SMILES string of the molecule is COc1cc(Nc2nccc(N(Cc3ccccc3OC(F)(F)F)C(=O)O)n2)ccc1OCCN1CCN(C)CC1. The molecule has 0 atom stereocenters. The molecule has 3 aromatic rings. The molecule has 1 aliphatic rings. The van der Waals surface area contributed by atoms with Crippen molar-refractivity contribution >= 4 is 23.5 Å². The van der Waals surface area contributed by atoms with Gasteiger partial charge in [0.05, 0.1) is 13.7 Å².